The topological polar surface area (TPSA) is 55.3 Å². The van der Waals surface area contributed by atoms with Gasteiger partial charge in [-0.2, -0.15) is 0 Å². The highest BCUT2D eigenvalue weighted by Gasteiger charge is 2.41. The van der Waals surface area contributed by atoms with Crippen LogP contribution in [-0.4, -0.2) is 39.7 Å². The van der Waals surface area contributed by atoms with E-state index < -0.39 is 0 Å². The molecule has 0 saturated carbocycles. The van der Waals surface area contributed by atoms with Gasteiger partial charge in [0.05, 0.1) is 6.04 Å². The van der Waals surface area contributed by atoms with Crippen molar-refractivity contribution >= 4 is 11.7 Å². The summed E-state index contributed by atoms with van der Waals surface area (Å²) in [6, 6.07) is 17.1. The maximum atomic E-state index is 13.1. The summed E-state index contributed by atoms with van der Waals surface area (Å²) in [6.45, 7) is 0.367. The van der Waals surface area contributed by atoms with Crippen LogP contribution < -0.4 is 0 Å². The van der Waals surface area contributed by atoms with Crippen molar-refractivity contribution in [1.82, 2.24) is 14.9 Å². The second-order valence-electron chi connectivity index (χ2n) is 8.53. The first-order chi connectivity index (χ1) is 15.3. The molecule has 154 valence electrons. The van der Waals surface area contributed by atoms with Crippen molar-refractivity contribution in [2.45, 2.75) is 37.3 Å². The van der Waals surface area contributed by atoms with E-state index in [1.807, 2.05) is 17.3 Å². The Labute approximate surface area is 181 Å². The molecule has 3 aliphatic rings. The van der Waals surface area contributed by atoms with Crippen molar-refractivity contribution in [3.05, 3.63) is 90.0 Å². The molecule has 2 bridgehead atoms. The Kier molecular flexibility index (Phi) is 4.34. The van der Waals surface area contributed by atoms with Gasteiger partial charge in [0.2, 0.25) is 0 Å². The summed E-state index contributed by atoms with van der Waals surface area (Å²) in [5.41, 5.74) is 7.25. The molecule has 6 rings (SSSR count). The predicted octanol–water partition coefficient (Wildman–Crippen LogP) is 5.05. The fraction of sp³-hybridized carbons (Fsp3) is 0.269. The van der Waals surface area contributed by atoms with Crippen LogP contribution in [-0.2, 0) is 4.74 Å². The molecule has 3 aromatic rings. The smallest absolute Gasteiger partial charge is 0.410 e. The molecular formula is C26H23N3O2. The van der Waals surface area contributed by atoms with Crippen LogP contribution >= 0.6 is 0 Å². The zero-order valence-corrected chi connectivity index (χ0v) is 17.1. The van der Waals surface area contributed by atoms with Gasteiger partial charge in [-0.3, -0.25) is 4.90 Å². The van der Waals surface area contributed by atoms with E-state index in [4.69, 9.17) is 4.74 Å². The van der Waals surface area contributed by atoms with Crippen LogP contribution in [0.2, 0.25) is 0 Å². The van der Waals surface area contributed by atoms with Gasteiger partial charge in [-0.1, -0.05) is 54.6 Å². The number of carbonyl (C=O) groups excluding carboxylic acids is 1. The number of benzene rings is 2. The van der Waals surface area contributed by atoms with Crippen LogP contribution in [0.25, 0.3) is 16.7 Å². The van der Waals surface area contributed by atoms with E-state index in [1.54, 1.807) is 6.33 Å². The van der Waals surface area contributed by atoms with E-state index in [0.29, 0.717) is 6.61 Å². The summed E-state index contributed by atoms with van der Waals surface area (Å²) in [5, 5.41) is 0. The van der Waals surface area contributed by atoms with Crippen molar-refractivity contribution in [2.75, 3.05) is 6.61 Å². The minimum absolute atomic E-state index is 0.0876. The Morgan fingerprint density at radius 2 is 1.65 bits per heavy atom. The Morgan fingerprint density at radius 1 is 0.968 bits per heavy atom. The standard InChI is InChI=1S/C26H23N3O2/c30-26(29-19-9-10-20(29)12-17(11-19)18-13-27-16-28-14-18)31-15-25-23-7-3-1-5-21(23)22-6-2-4-8-24(22)25/h1-8,11,13-14,16,19-20,25H,9-10,12,15H2. The maximum Gasteiger partial charge on any atom is 0.410 e. The number of rotatable bonds is 3. The molecular weight excluding hydrogens is 386 g/mol. The molecule has 2 aliphatic heterocycles. The van der Waals surface area contributed by atoms with Crippen molar-refractivity contribution < 1.29 is 9.53 Å². The van der Waals surface area contributed by atoms with Gasteiger partial charge >= 0.3 is 6.09 Å². The van der Waals surface area contributed by atoms with Crippen molar-refractivity contribution in [3.63, 3.8) is 0 Å². The van der Waals surface area contributed by atoms with Gasteiger partial charge in [0, 0.05) is 29.9 Å². The molecule has 3 heterocycles. The van der Waals surface area contributed by atoms with Crippen molar-refractivity contribution in [3.8, 4) is 11.1 Å². The first kappa shape index (κ1) is 18.3. The highest BCUT2D eigenvalue weighted by molar-refractivity contribution is 5.79. The molecule has 2 unspecified atom stereocenters. The number of ether oxygens (including phenoxy) is 1. The summed E-state index contributed by atoms with van der Waals surface area (Å²) < 4.78 is 5.93. The zero-order valence-electron chi connectivity index (χ0n) is 17.1. The lowest BCUT2D eigenvalue weighted by molar-refractivity contribution is 0.0866. The number of hydrogen-bond donors (Lipinski definition) is 0. The van der Waals surface area contributed by atoms with Gasteiger partial charge in [0.25, 0.3) is 0 Å². The number of amides is 1. The molecule has 0 N–H and O–H groups in total. The van der Waals surface area contributed by atoms with Crippen LogP contribution in [0.1, 0.15) is 41.9 Å². The summed E-state index contributed by atoms with van der Waals surface area (Å²) in [5.74, 6) is 0.0892. The van der Waals surface area contributed by atoms with E-state index >= 15 is 0 Å². The molecule has 5 nitrogen and oxygen atoms in total. The van der Waals surface area contributed by atoms with Gasteiger partial charge in [0.1, 0.15) is 12.9 Å². The average Bonchev–Trinajstić information content (AvgIpc) is 3.29. The second-order valence-corrected chi connectivity index (χ2v) is 8.53. The summed E-state index contributed by atoms with van der Waals surface area (Å²) >= 11 is 0. The van der Waals surface area contributed by atoms with E-state index in [-0.39, 0.29) is 24.1 Å². The van der Waals surface area contributed by atoms with Crippen LogP contribution in [0, 0.1) is 0 Å². The summed E-state index contributed by atoms with van der Waals surface area (Å²) in [6.07, 6.45) is 10.0. The van der Waals surface area contributed by atoms with Gasteiger partial charge < -0.3 is 4.74 Å². The van der Waals surface area contributed by atoms with Crippen LogP contribution in [0.5, 0.6) is 0 Å². The molecule has 5 heteroatoms. The zero-order chi connectivity index (χ0) is 20.8. The monoisotopic (exact) mass is 409 g/mol. The molecule has 1 saturated heterocycles. The van der Waals surface area contributed by atoms with Gasteiger partial charge in [-0.15, -0.1) is 0 Å². The SMILES string of the molecule is O=C(OCC1c2ccccc2-c2ccccc21)N1C2C=C(c3cncnc3)CC1CC2. The summed E-state index contributed by atoms with van der Waals surface area (Å²) in [7, 11) is 0. The van der Waals surface area contributed by atoms with Gasteiger partial charge in [-0.05, 0) is 47.1 Å². The summed E-state index contributed by atoms with van der Waals surface area (Å²) in [4.78, 5) is 23.4. The lowest BCUT2D eigenvalue weighted by Gasteiger charge is -2.33. The number of hydrogen-bond acceptors (Lipinski definition) is 4. The Morgan fingerprint density at radius 3 is 2.32 bits per heavy atom. The Bertz CT molecular complexity index is 1130. The van der Waals surface area contributed by atoms with Crippen molar-refractivity contribution in [2.24, 2.45) is 0 Å². The fourth-order valence-electron chi connectivity index (χ4n) is 5.46. The second kappa shape index (κ2) is 7.34. The lowest BCUT2D eigenvalue weighted by atomic mass is 9.97. The lowest BCUT2D eigenvalue weighted by Crippen LogP contribution is -2.43. The number of carbonyl (C=O) groups is 1. The first-order valence-electron chi connectivity index (χ1n) is 10.9. The van der Waals surface area contributed by atoms with Crippen molar-refractivity contribution in [1.29, 1.82) is 0 Å². The predicted molar refractivity (Wildman–Crippen MR) is 118 cm³/mol. The molecule has 1 fully saturated rings. The van der Waals surface area contributed by atoms with E-state index in [0.717, 1.165) is 24.8 Å². The quantitative estimate of drug-likeness (QED) is 0.608. The third-order valence-corrected chi connectivity index (χ3v) is 6.87. The van der Waals surface area contributed by atoms with E-state index in [9.17, 15) is 4.79 Å². The largest absolute Gasteiger partial charge is 0.448 e. The fourth-order valence-corrected chi connectivity index (χ4v) is 5.46. The molecule has 2 atom stereocenters. The molecule has 1 aromatic heterocycles. The molecule has 1 amide bonds. The highest BCUT2D eigenvalue weighted by atomic mass is 16.6. The van der Waals surface area contributed by atoms with Gasteiger partial charge in [0.15, 0.2) is 0 Å². The van der Waals surface area contributed by atoms with Crippen LogP contribution in [0.15, 0.2) is 73.3 Å². The molecule has 0 radical (unpaired) electrons. The Hall–Kier alpha value is -3.47. The third kappa shape index (κ3) is 3.03. The molecule has 1 aliphatic carbocycles. The van der Waals surface area contributed by atoms with E-state index in [2.05, 4.69) is 64.6 Å². The van der Waals surface area contributed by atoms with Gasteiger partial charge in [-0.25, -0.2) is 14.8 Å². The minimum Gasteiger partial charge on any atom is -0.448 e. The first-order valence-corrected chi connectivity index (χ1v) is 10.9. The number of fused-ring (bicyclic) bond motifs is 5. The maximum absolute atomic E-state index is 13.1. The molecule has 31 heavy (non-hydrogen) atoms. The third-order valence-electron chi connectivity index (χ3n) is 6.87. The minimum atomic E-state index is -0.200. The van der Waals surface area contributed by atoms with Crippen LogP contribution in [0.4, 0.5) is 4.79 Å². The highest BCUT2D eigenvalue weighted by Crippen LogP contribution is 2.45. The average molecular weight is 409 g/mol. The van der Waals surface area contributed by atoms with Crippen LogP contribution in [0.3, 0.4) is 0 Å². The number of aromatic nitrogens is 2. The molecule has 0 spiro atoms. The number of nitrogens with zero attached hydrogens (tertiary/aromatic N) is 3. The van der Waals surface area contributed by atoms with E-state index in [1.165, 1.54) is 27.8 Å². The normalized spacial score (nSPS) is 21.4. The Balaban J connectivity index is 1.21. The molecule has 2 aromatic carbocycles.